The molecule has 2 N–H and O–H groups in total. The maximum absolute atomic E-state index is 11.5. The first-order valence-electron chi connectivity index (χ1n) is 4.82. The molecule has 0 saturated heterocycles. The smallest absolute Gasteiger partial charge is 0.313 e. The molecule has 0 aromatic rings. The van der Waals surface area contributed by atoms with E-state index in [0.717, 1.165) is 6.26 Å². The van der Waals surface area contributed by atoms with Crippen molar-refractivity contribution in [1.29, 1.82) is 0 Å². The molecule has 0 heterocycles. The van der Waals surface area contributed by atoms with E-state index in [1.54, 1.807) is 20.8 Å². The maximum Gasteiger partial charge on any atom is 0.313 e. The summed E-state index contributed by atoms with van der Waals surface area (Å²) in [5, 5.41) is 0. The van der Waals surface area contributed by atoms with E-state index in [-0.39, 0.29) is 13.2 Å². The number of hydrogen-bond donors (Lipinski definition) is 1. The topological polar surface area (TPSA) is 95.7 Å². The first kappa shape index (κ1) is 15.3. The lowest BCUT2D eigenvalue weighted by molar-refractivity contribution is -0.160. The van der Waals surface area contributed by atoms with Gasteiger partial charge in [-0.15, -0.1) is 0 Å². The highest BCUT2D eigenvalue weighted by Gasteiger charge is 2.25. The maximum atomic E-state index is 11.5. The van der Waals surface area contributed by atoms with Gasteiger partial charge in [-0.2, -0.15) is 8.42 Å². The Balaban J connectivity index is 4.34. The molecule has 16 heavy (non-hydrogen) atoms. The first-order chi connectivity index (χ1) is 7.05. The van der Waals surface area contributed by atoms with Crippen LogP contribution >= 0.6 is 0 Å². The van der Waals surface area contributed by atoms with Gasteiger partial charge in [0.25, 0.3) is 10.1 Å². The summed E-state index contributed by atoms with van der Waals surface area (Å²) in [5.41, 5.74) is 4.72. The Hall–Kier alpha value is -0.660. The van der Waals surface area contributed by atoms with E-state index in [2.05, 4.69) is 4.18 Å². The minimum absolute atomic E-state index is 0.0234. The molecule has 0 radical (unpaired) electrons. The van der Waals surface area contributed by atoms with Crippen molar-refractivity contribution in [3.05, 3.63) is 0 Å². The molecule has 1 atom stereocenters. The van der Waals surface area contributed by atoms with Crippen molar-refractivity contribution in [2.24, 2.45) is 11.7 Å². The van der Waals surface area contributed by atoms with Gasteiger partial charge >= 0.3 is 5.97 Å². The van der Waals surface area contributed by atoms with Gasteiger partial charge in [0.1, 0.15) is 5.60 Å². The Kier molecular flexibility index (Phi) is 5.37. The lowest BCUT2D eigenvalue weighted by atomic mass is 10.1. The van der Waals surface area contributed by atoms with E-state index in [1.807, 2.05) is 0 Å². The van der Waals surface area contributed by atoms with Crippen molar-refractivity contribution in [3.63, 3.8) is 0 Å². The van der Waals surface area contributed by atoms with E-state index < -0.39 is 27.6 Å². The third kappa shape index (κ3) is 7.61. The SMILES string of the molecule is CC(C)(C)OC(=O)C(CN)COS(C)(=O)=O. The summed E-state index contributed by atoms with van der Waals surface area (Å²) in [5.74, 6) is -1.33. The van der Waals surface area contributed by atoms with E-state index >= 15 is 0 Å². The molecule has 0 aliphatic carbocycles. The zero-order valence-electron chi connectivity index (χ0n) is 10.0. The van der Waals surface area contributed by atoms with Crippen LogP contribution in [0.5, 0.6) is 0 Å². The van der Waals surface area contributed by atoms with Crippen LogP contribution in [0.4, 0.5) is 0 Å². The minimum atomic E-state index is -3.57. The molecule has 0 amide bonds. The van der Waals surface area contributed by atoms with E-state index in [0.29, 0.717) is 0 Å². The monoisotopic (exact) mass is 253 g/mol. The van der Waals surface area contributed by atoms with Crippen molar-refractivity contribution in [2.45, 2.75) is 26.4 Å². The fourth-order valence-electron chi connectivity index (χ4n) is 0.823. The molecule has 0 rings (SSSR count). The van der Waals surface area contributed by atoms with Crippen LogP contribution in [0.1, 0.15) is 20.8 Å². The summed E-state index contributed by atoms with van der Waals surface area (Å²) >= 11 is 0. The average Bonchev–Trinajstić information content (AvgIpc) is 1.99. The molecule has 0 spiro atoms. The molecule has 1 unspecified atom stereocenters. The van der Waals surface area contributed by atoms with Crippen LogP contribution < -0.4 is 5.73 Å². The molecule has 0 aromatic carbocycles. The molecule has 96 valence electrons. The highest BCUT2D eigenvalue weighted by atomic mass is 32.2. The minimum Gasteiger partial charge on any atom is -0.460 e. The van der Waals surface area contributed by atoms with Crippen molar-refractivity contribution in [1.82, 2.24) is 0 Å². The van der Waals surface area contributed by atoms with E-state index in [9.17, 15) is 13.2 Å². The fourth-order valence-corrected chi connectivity index (χ4v) is 1.23. The van der Waals surface area contributed by atoms with Gasteiger partial charge in [-0.1, -0.05) is 0 Å². The van der Waals surface area contributed by atoms with Crippen LogP contribution in [0, 0.1) is 5.92 Å². The van der Waals surface area contributed by atoms with Crippen LogP contribution in [-0.4, -0.2) is 39.4 Å². The highest BCUT2D eigenvalue weighted by Crippen LogP contribution is 2.11. The molecular formula is C9H19NO5S. The summed E-state index contributed by atoms with van der Waals surface area (Å²) in [6.45, 7) is 4.84. The summed E-state index contributed by atoms with van der Waals surface area (Å²) in [6.07, 6.45) is 0.912. The molecule has 7 heteroatoms. The molecule has 0 saturated carbocycles. The van der Waals surface area contributed by atoms with Gasteiger partial charge < -0.3 is 10.5 Å². The molecule has 0 aromatic heterocycles. The summed E-state index contributed by atoms with van der Waals surface area (Å²) in [7, 11) is -3.57. The van der Waals surface area contributed by atoms with Gasteiger partial charge in [-0.05, 0) is 20.8 Å². The van der Waals surface area contributed by atoms with Gasteiger partial charge in [-0.3, -0.25) is 8.98 Å². The predicted octanol–water partition coefficient (Wildman–Crippen LogP) is -0.121. The zero-order chi connectivity index (χ0) is 13.0. The number of carbonyl (C=O) groups excluding carboxylic acids is 1. The Morgan fingerprint density at radius 3 is 2.19 bits per heavy atom. The molecule has 6 nitrogen and oxygen atoms in total. The van der Waals surface area contributed by atoms with Crippen LogP contribution in [0.2, 0.25) is 0 Å². The Bertz CT molecular complexity index is 330. The number of nitrogens with two attached hydrogens (primary N) is 1. The van der Waals surface area contributed by atoms with E-state index in [4.69, 9.17) is 10.5 Å². The molecule has 0 bridgehead atoms. The summed E-state index contributed by atoms with van der Waals surface area (Å²) < 4.78 is 31.1. The van der Waals surface area contributed by atoms with E-state index in [1.165, 1.54) is 0 Å². The normalized spacial score (nSPS) is 14.6. The fraction of sp³-hybridized carbons (Fsp3) is 0.889. The number of esters is 1. The third-order valence-corrected chi connectivity index (χ3v) is 2.07. The average molecular weight is 253 g/mol. The van der Waals surface area contributed by atoms with Crippen LogP contribution in [0.3, 0.4) is 0 Å². The van der Waals surface area contributed by atoms with Gasteiger partial charge in [0, 0.05) is 6.54 Å². The number of ether oxygens (including phenoxy) is 1. The molecule has 0 aliphatic heterocycles. The Morgan fingerprint density at radius 2 is 1.88 bits per heavy atom. The largest absolute Gasteiger partial charge is 0.460 e. The van der Waals surface area contributed by atoms with Gasteiger partial charge in [0.2, 0.25) is 0 Å². The quantitative estimate of drug-likeness (QED) is 0.542. The summed E-state index contributed by atoms with van der Waals surface area (Å²) in [4.78, 5) is 11.5. The van der Waals surface area contributed by atoms with Gasteiger partial charge in [0.15, 0.2) is 0 Å². The Labute approximate surface area is 96.2 Å². The van der Waals surface area contributed by atoms with Crippen molar-refractivity contribution < 1.29 is 22.1 Å². The number of rotatable bonds is 5. The first-order valence-corrected chi connectivity index (χ1v) is 6.64. The number of hydrogen-bond acceptors (Lipinski definition) is 6. The second-order valence-corrected chi connectivity index (χ2v) is 6.10. The van der Waals surface area contributed by atoms with Crippen LogP contribution in [0.15, 0.2) is 0 Å². The van der Waals surface area contributed by atoms with Crippen LogP contribution in [-0.2, 0) is 23.8 Å². The van der Waals surface area contributed by atoms with Gasteiger partial charge in [0.05, 0.1) is 18.8 Å². The van der Waals surface area contributed by atoms with Gasteiger partial charge in [-0.25, -0.2) is 0 Å². The van der Waals surface area contributed by atoms with Crippen LogP contribution in [0.25, 0.3) is 0 Å². The highest BCUT2D eigenvalue weighted by molar-refractivity contribution is 7.85. The third-order valence-electron chi connectivity index (χ3n) is 1.51. The standard InChI is InChI=1S/C9H19NO5S/c1-9(2,3)15-8(11)7(5-10)6-14-16(4,12)13/h7H,5-6,10H2,1-4H3. The Morgan fingerprint density at radius 1 is 1.38 bits per heavy atom. The lowest BCUT2D eigenvalue weighted by Crippen LogP contribution is -2.35. The number of carbonyl (C=O) groups is 1. The second-order valence-electron chi connectivity index (χ2n) is 4.45. The lowest BCUT2D eigenvalue weighted by Gasteiger charge is -2.22. The summed E-state index contributed by atoms with van der Waals surface area (Å²) in [6, 6.07) is 0. The molecule has 0 fully saturated rings. The molecular weight excluding hydrogens is 234 g/mol. The van der Waals surface area contributed by atoms with Crippen molar-refractivity contribution in [3.8, 4) is 0 Å². The van der Waals surface area contributed by atoms with Crippen molar-refractivity contribution >= 4 is 16.1 Å². The second kappa shape index (κ2) is 5.60. The van der Waals surface area contributed by atoms with Crippen molar-refractivity contribution in [2.75, 3.05) is 19.4 Å². The predicted molar refractivity (Wildman–Crippen MR) is 59.2 cm³/mol. The zero-order valence-corrected chi connectivity index (χ0v) is 10.8. The molecule has 0 aliphatic rings.